The van der Waals surface area contributed by atoms with E-state index >= 15 is 0 Å². The third kappa shape index (κ3) is 7.38. The summed E-state index contributed by atoms with van der Waals surface area (Å²) in [7, 11) is 0. The van der Waals surface area contributed by atoms with Crippen LogP contribution in [0.1, 0.15) is 111 Å². The molecule has 4 aromatic carbocycles. The summed E-state index contributed by atoms with van der Waals surface area (Å²) >= 11 is 0. The van der Waals surface area contributed by atoms with E-state index in [1.165, 1.54) is 68.9 Å². The van der Waals surface area contributed by atoms with Crippen molar-refractivity contribution in [3.8, 4) is 23.0 Å². The Hall–Kier alpha value is -3.92. The third-order valence-corrected chi connectivity index (χ3v) is 11.6. The summed E-state index contributed by atoms with van der Waals surface area (Å²) in [5, 5.41) is 0. The molecule has 2 aliphatic carbocycles. The summed E-state index contributed by atoms with van der Waals surface area (Å²) in [5.41, 5.74) is 21.0. The number of unbranched alkanes of at least 4 members (excludes halogenated alkanes) is 1. The van der Waals surface area contributed by atoms with E-state index in [9.17, 15) is 0 Å². The number of aryl methyl sites for hydroxylation is 4. The van der Waals surface area contributed by atoms with Crippen molar-refractivity contribution in [1.82, 2.24) is 0 Å². The number of benzene rings is 4. The van der Waals surface area contributed by atoms with Gasteiger partial charge < -0.3 is 20.9 Å². The zero-order valence-electron chi connectivity index (χ0n) is 29.9. The lowest BCUT2D eigenvalue weighted by atomic mass is 9.59. The van der Waals surface area contributed by atoms with Crippen LogP contribution in [-0.2, 0) is 5.41 Å². The van der Waals surface area contributed by atoms with Gasteiger partial charge in [-0.1, -0.05) is 75.4 Å². The van der Waals surface area contributed by atoms with Crippen LogP contribution in [0, 0.1) is 45.4 Å². The lowest BCUT2D eigenvalue weighted by Gasteiger charge is -2.45. The average molecular weight is 645 g/mol. The molecule has 2 fully saturated rings. The first-order valence-corrected chi connectivity index (χ1v) is 18.5. The van der Waals surface area contributed by atoms with Crippen LogP contribution >= 0.6 is 0 Å². The molecule has 0 aliphatic heterocycles. The Labute approximate surface area is 289 Å². The third-order valence-electron chi connectivity index (χ3n) is 11.6. The van der Waals surface area contributed by atoms with Crippen molar-refractivity contribution in [2.24, 2.45) is 17.8 Å². The molecule has 0 aromatic heterocycles. The maximum absolute atomic E-state index is 6.44. The monoisotopic (exact) mass is 644 g/mol. The number of hydrogen-bond acceptors (Lipinski definition) is 4. The van der Waals surface area contributed by atoms with Crippen LogP contribution in [0.4, 0.5) is 11.4 Å². The first kappa shape index (κ1) is 34.0. The molecule has 0 saturated heterocycles. The number of anilines is 2. The smallest absolute Gasteiger partial charge is 0.133 e. The Kier molecular flexibility index (Phi) is 10.4. The van der Waals surface area contributed by atoms with E-state index in [1.54, 1.807) is 0 Å². The average Bonchev–Trinajstić information content (AvgIpc) is 3.07. The first-order chi connectivity index (χ1) is 23.1. The second-order valence-corrected chi connectivity index (χ2v) is 15.1. The van der Waals surface area contributed by atoms with Crippen LogP contribution in [0.15, 0.2) is 72.8 Å². The molecule has 4 aromatic rings. The second-order valence-electron chi connectivity index (χ2n) is 15.1. The molecule has 0 heterocycles. The van der Waals surface area contributed by atoms with E-state index in [4.69, 9.17) is 20.9 Å². The fourth-order valence-electron chi connectivity index (χ4n) is 8.96. The Balaban J connectivity index is 1.32. The van der Waals surface area contributed by atoms with E-state index in [-0.39, 0.29) is 5.41 Å². The van der Waals surface area contributed by atoms with E-state index < -0.39 is 0 Å². The molecule has 2 aliphatic rings. The second kappa shape index (κ2) is 14.7. The SMILES string of the molecule is CCCC[C@H]1CC[C@@H](C2CCC(c3cc(C)c(Oc4cccc(N)c4)c(C)c3)(c3cc(C)c(Oc4cccc(N)c4)c(C)c3)CC2)CC1. The molecular formula is C44H56N2O2. The molecule has 48 heavy (non-hydrogen) atoms. The van der Waals surface area contributed by atoms with Gasteiger partial charge in [0, 0.05) is 28.9 Å². The molecule has 0 spiro atoms. The quantitative estimate of drug-likeness (QED) is 0.169. The van der Waals surface area contributed by atoms with Crippen LogP contribution < -0.4 is 20.9 Å². The Morgan fingerprint density at radius 3 is 1.46 bits per heavy atom. The Morgan fingerprint density at radius 1 is 0.604 bits per heavy atom. The predicted octanol–water partition coefficient (Wildman–Crippen LogP) is 12.1. The van der Waals surface area contributed by atoms with Crippen LogP contribution in [0.2, 0.25) is 0 Å². The maximum Gasteiger partial charge on any atom is 0.133 e. The molecular weight excluding hydrogens is 588 g/mol. The summed E-state index contributed by atoms with van der Waals surface area (Å²) in [6.45, 7) is 11.1. The highest BCUT2D eigenvalue weighted by molar-refractivity contribution is 5.55. The summed E-state index contributed by atoms with van der Waals surface area (Å²) in [6.07, 6.45) is 14.8. The fraction of sp³-hybridized carbons (Fsp3) is 0.455. The van der Waals surface area contributed by atoms with Crippen molar-refractivity contribution >= 4 is 11.4 Å². The highest BCUT2D eigenvalue weighted by atomic mass is 16.5. The van der Waals surface area contributed by atoms with Gasteiger partial charge in [0.25, 0.3) is 0 Å². The molecule has 4 N–H and O–H groups in total. The molecule has 0 unspecified atom stereocenters. The van der Waals surface area contributed by atoms with Crippen molar-refractivity contribution in [2.45, 2.75) is 111 Å². The molecule has 2 saturated carbocycles. The number of nitrogens with two attached hydrogens (primary N) is 2. The van der Waals surface area contributed by atoms with E-state index in [2.05, 4.69) is 58.9 Å². The molecule has 6 rings (SSSR count). The fourth-order valence-corrected chi connectivity index (χ4v) is 8.96. The number of nitrogen functional groups attached to an aromatic ring is 2. The molecule has 4 heteroatoms. The predicted molar refractivity (Wildman–Crippen MR) is 201 cm³/mol. The van der Waals surface area contributed by atoms with Gasteiger partial charge in [0.2, 0.25) is 0 Å². The van der Waals surface area contributed by atoms with E-state index in [1.807, 2.05) is 48.5 Å². The largest absolute Gasteiger partial charge is 0.457 e. The summed E-state index contributed by atoms with van der Waals surface area (Å²) in [6, 6.07) is 25.0. The van der Waals surface area contributed by atoms with E-state index in [0.717, 1.165) is 75.8 Å². The van der Waals surface area contributed by atoms with Gasteiger partial charge in [-0.05, 0) is 142 Å². The summed E-state index contributed by atoms with van der Waals surface area (Å²) in [5.74, 6) is 6.06. The normalized spacial score (nSPS) is 19.6. The molecule has 0 amide bonds. The Morgan fingerprint density at radius 2 is 1.04 bits per heavy atom. The van der Waals surface area contributed by atoms with Crippen LogP contribution in [-0.4, -0.2) is 0 Å². The molecule has 0 atom stereocenters. The molecule has 0 bridgehead atoms. The minimum atomic E-state index is -0.0642. The Bertz CT molecular complexity index is 1560. The maximum atomic E-state index is 6.44. The van der Waals surface area contributed by atoms with Gasteiger partial charge in [-0.2, -0.15) is 0 Å². The summed E-state index contributed by atoms with van der Waals surface area (Å²) < 4.78 is 12.9. The van der Waals surface area contributed by atoms with Gasteiger partial charge in [0.1, 0.15) is 23.0 Å². The van der Waals surface area contributed by atoms with E-state index in [0.29, 0.717) is 11.4 Å². The van der Waals surface area contributed by atoms with Crippen molar-refractivity contribution in [3.05, 3.63) is 106 Å². The standard InChI is InChI=1S/C44H56N2O2/c1-6-7-10-33-15-17-34(18-16-33)35-19-21-44(22-20-35,36-23-29(2)42(30(3)24-36)47-40-13-8-11-38(45)27-40)37-25-31(4)43(32(5)26-37)48-41-14-9-12-39(46)28-41/h8-9,11-14,23-28,33-35H,6-7,10,15-22,45-46H2,1-5H3/t33-,34+. The lowest BCUT2D eigenvalue weighted by molar-refractivity contribution is 0.140. The van der Waals surface area contributed by atoms with Gasteiger partial charge in [-0.3, -0.25) is 0 Å². The van der Waals surface area contributed by atoms with Crippen molar-refractivity contribution in [3.63, 3.8) is 0 Å². The van der Waals surface area contributed by atoms with Crippen LogP contribution in [0.3, 0.4) is 0 Å². The van der Waals surface area contributed by atoms with Crippen molar-refractivity contribution < 1.29 is 9.47 Å². The first-order valence-electron chi connectivity index (χ1n) is 18.5. The van der Waals surface area contributed by atoms with Crippen molar-refractivity contribution in [1.29, 1.82) is 0 Å². The van der Waals surface area contributed by atoms with Gasteiger partial charge in [-0.25, -0.2) is 0 Å². The topological polar surface area (TPSA) is 70.5 Å². The summed E-state index contributed by atoms with van der Waals surface area (Å²) in [4.78, 5) is 0. The van der Waals surface area contributed by atoms with Gasteiger partial charge in [-0.15, -0.1) is 0 Å². The minimum Gasteiger partial charge on any atom is -0.457 e. The number of rotatable bonds is 10. The van der Waals surface area contributed by atoms with Crippen molar-refractivity contribution in [2.75, 3.05) is 11.5 Å². The van der Waals surface area contributed by atoms with Gasteiger partial charge in [0.05, 0.1) is 0 Å². The zero-order chi connectivity index (χ0) is 33.8. The minimum absolute atomic E-state index is 0.0642. The molecule has 0 radical (unpaired) electrons. The lowest BCUT2D eigenvalue weighted by Crippen LogP contribution is -2.36. The highest BCUT2D eigenvalue weighted by Gasteiger charge is 2.42. The van der Waals surface area contributed by atoms with Crippen LogP contribution in [0.25, 0.3) is 0 Å². The van der Waals surface area contributed by atoms with Crippen LogP contribution in [0.5, 0.6) is 23.0 Å². The van der Waals surface area contributed by atoms with Gasteiger partial charge >= 0.3 is 0 Å². The zero-order valence-corrected chi connectivity index (χ0v) is 29.9. The number of hydrogen-bond donors (Lipinski definition) is 2. The number of ether oxygens (including phenoxy) is 2. The highest BCUT2D eigenvalue weighted by Crippen LogP contribution is 2.52. The molecule has 4 nitrogen and oxygen atoms in total. The van der Waals surface area contributed by atoms with Gasteiger partial charge in [0.15, 0.2) is 0 Å². The molecule has 254 valence electrons.